The summed E-state index contributed by atoms with van der Waals surface area (Å²) in [5.74, 6) is 0.149. The van der Waals surface area contributed by atoms with E-state index in [9.17, 15) is 9.00 Å². The molecular weight excluding hydrogens is 376 g/mol. The van der Waals surface area contributed by atoms with Crippen molar-refractivity contribution >= 4 is 27.7 Å². The lowest BCUT2D eigenvalue weighted by Gasteiger charge is -2.19. The summed E-state index contributed by atoms with van der Waals surface area (Å²) in [6, 6.07) is 14.5. The Morgan fingerprint density at radius 1 is 1.18 bits per heavy atom. The molecule has 0 saturated heterocycles. The van der Waals surface area contributed by atoms with Crippen molar-refractivity contribution in [3.63, 3.8) is 0 Å². The van der Waals surface area contributed by atoms with E-state index in [1.165, 1.54) is 0 Å². The number of aromatic nitrogens is 1. The number of rotatable bonds is 8. The minimum absolute atomic E-state index is 0.0400. The van der Waals surface area contributed by atoms with Crippen LogP contribution >= 0.6 is 0 Å². The summed E-state index contributed by atoms with van der Waals surface area (Å²) in [7, 11) is -0.0872. The molecule has 0 spiro atoms. The highest BCUT2D eigenvalue weighted by Gasteiger charge is 2.23. The molecule has 0 radical (unpaired) electrons. The van der Waals surface area contributed by atoms with Gasteiger partial charge >= 0.3 is 5.97 Å². The second-order valence-corrected chi connectivity index (χ2v) is 7.23. The van der Waals surface area contributed by atoms with Crippen LogP contribution in [0.15, 0.2) is 65.8 Å². The van der Waals surface area contributed by atoms with E-state index in [0.717, 1.165) is 16.3 Å². The highest BCUT2D eigenvalue weighted by Crippen LogP contribution is 2.31. The van der Waals surface area contributed by atoms with Crippen molar-refractivity contribution in [3.05, 3.63) is 66.5 Å². The average molecular weight is 398 g/mol. The summed E-state index contributed by atoms with van der Waals surface area (Å²) in [6.07, 6.45) is 3.34. The number of pyridine rings is 1. The van der Waals surface area contributed by atoms with Gasteiger partial charge in [0.2, 0.25) is 0 Å². The number of methoxy groups -OCH3 is 1. The molecule has 6 nitrogen and oxygen atoms in total. The quantitative estimate of drug-likeness (QED) is 0.587. The fourth-order valence-electron chi connectivity index (χ4n) is 2.96. The lowest BCUT2D eigenvalue weighted by atomic mass is 10.1. The number of fused-ring (bicyclic) bond motifs is 1. The Morgan fingerprint density at radius 2 is 2.00 bits per heavy atom. The van der Waals surface area contributed by atoms with Gasteiger partial charge in [-0.25, -0.2) is 8.93 Å². The highest BCUT2D eigenvalue weighted by molar-refractivity contribution is 7.83. The number of esters is 1. The smallest absolute Gasteiger partial charge is 0.307 e. The summed E-state index contributed by atoms with van der Waals surface area (Å²) in [5.41, 5.74) is 0.753. The predicted molar refractivity (Wildman–Crippen MR) is 108 cm³/mol. The molecule has 0 fully saturated rings. The second-order valence-electron chi connectivity index (χ2n) is 6.05. The lowest BCUT2D eigenvalue weighted by Crippen LogP contribution is -2.27. The molecule has 7 heteroatoms. The van der Waals surface area contributed by atoms with Gasteiger partial charge < -0.3 is 9.47 Å². The molecule has 2 aromatic carbocycles. The largest absolute Gasteiger partial charge is 0.495 e. The first kappa shape index (κ1) is 20.0. The molecule has 0 bridgehead atoms. The Balaban J connectivity index is 1.96. The Morgan fingerprint density at radius 3 is 2.71 bits per heavy atom. The van der Waals surface area contributed by atoms with Crippen LogP contribution in [0, 0.1) is 0 Å². The highest BCUT2D eigenvalue weighted by atomic mass is 32.2. The van der Waals surface area contributed by atoms with Crippen LogP contribution in [0.3, 0.4) is 0 Å². The van der Waals surface area contributed by atoms with Crippen molar-refractivity contribution in [2.45, 2.75) is 24.3 Å². The van der Waals surface area contributed by atoms with Crippen LogP contribution in [0.2, 0.25) is 0 Å². The Labute approximate surface area is 166 Å². The van der Waals surface area contributed by atoms with Gasteiger partial charge in [0, 0.05) is 17.8 Å². The molecule has 28 heavy (non-hydrogen) atoms. The molecule has 0 saturated carbocycles. The zero-order valence-electron chi connectivity index (χ0n) is 15.8. The number of nitrogens with zero attached hydrogens (tertiary/aromatic N) is 1. The number of carbonyl (C=O) groups excluding carboxylic acids is 1. The monoisotopic (exact) mass is 398 g/mol. The van der Waals surface area contributed by atoms with Crippen molar-refractivity contribution in [1.82, 2.24) is 9.71 Å². The molecule has 2 atom stereocenters. The second kappa shape index (κ2) is 9.43. The minimum Gasteiger partial charge on any atom is -0.495 e. The fourth-order valence-corrected chi connectivity index (χ4v) is 4.27. The van der Waals surface area contributed by atoms with Crippen molar-refractivity contribution in [2.24, 2.45) is 0 Å². The third-order valence-electron chi connectivity index (χ3n) is 4.26. The number of ether oxygens (including phenoxy) is 2. The summed E-state index contributed by atoms with van der Waals surface area (Å²) in [4.78, 5) is 16.7. The van der Waals surface area contributed by atoms with Crippen LogP contribution < -0.4 is 9.46 Å². The van der Waals surface area contributed by atoms with Gasteiger partial charge in [0.1, 0.15) is 21.6 Å². The predicted octanol–water partition coefficient (Wildman–Crippen LogP) is 3.55. The first-order valence-electron chi connectivity index (χ1n) is 8.93. The SMILES string of the molecule is CCOC(=O)C[C@H](N[S@](=O)c1c(OC)ccc2ccccc12)c1cccnc1. The van der Waals surface area contributed by atoms with E-state index in [4.69, 9.17) is 9.47 Å². The topological polar surface area (TPSA) is 77.5 Å². The maximum Gasteiger partial charge on any atom is 0.307 e. The maximum atomic E-state index is 13.3. The van der Waals surface area contributed by atoms with Crippen LogP contribution in [-0.4, -0.2) is 28.9 Å². The van der Waals surface area contributed by atoms with E-state index in [0.29, 0.717) is 17.3 Å². The fraction of sp³-hybridized carbons (Fsp3) is 0.238. The third-order valence-corrected chi connectivity index (χ3v) is 5.55. The molecule has 0 unspecified atom stereocenters. The standard InChI is InChI=1S/C21H22N2O4S/c1-3-27-20(24)13-18(16-8-6-12-22-14-16)23-28(25)21-17-9-5-4-7-15(17)10-11-19(21)26-2/h4-12,14,18,23H,3,13H2,1-2H3/t18-,28+/m0/s1. The summed E-state index contributed by atoms with van der Waals surface area (Å²) < 4.78 is 26.9. The average Bonchev–Trinajstić information content (AvgIpc) is 2.73. The molecule has 1 aromatic heterocycles. The molecule has 0 amide bonds. The van der Waals surface area contributed by atoms with E-state index in [2.05, 4.69) is 9.71 Å². The van der Waals surface area contributed by atoms with E-state index < -0.39 is 17.0 Å². The van der Waals surface area contributed by atoms with Crippen LogP contribution in [0.1, 0.15) is 24.9 Å². The van der Waals surface area contributed by atoms with Gasteiger partial charge in [-0.1, -0.05) is 36.4 Å². The zero-order valence-corrected chi connectivity index (χ0v) is 16.6. The molecule has 0 aliphatic rings. The number of benzene rings is 2. The van der Waals surface area contributed by atoms with Gasteiger partial charge in [-0.15, -0.1) is 0 Å². The van der Waals surface area contributed by atoms with Crippen molar-refractivity contribution in [3.8, 4) is 5.75 Å². The molecule has 146 valence electrons. The molecule has 3 aromatic rings. The van der Waals surface area contributed by atoms with E-state index in [1.54, 1.807) is 38.6 Å². The number of hydrogen-bond acceptors (Lipinski definition) is 5. The van der Waals surface area contributed by atoms with Crippen LogP contribution in [0.5, 0.6) is 5.75 Å². The van der Waals surface area contributed by atoms with Crippen LogP contribution in [0.25, 0.3) is 10.8 Å². The Bertz CT molecular complexity index is 979. The van der Waals surface area contributed by atoms with Crippen LogP contribution in [-0.2, 0) is 20.5 Å². The number of nitrogens with one attached hydrogen (secondary N) is 1. The summed E-state index contributed by atoms with van der Waals surface area (Å²) in [6.45, 7) is 2.04. The summed E-state index contributed by atoms with van der Waals surface area (Å²) in [5, 5.41) is 1.78. The lowest BCUT2D eigenvalue weighted by molar-refractivity contribution is -0.143. The first-order valence-corrected chi connectivity index (χ1v) is 10.1. The normalized spacial score (nSPS) is 13.1. The van der Waals surface area contributed by atoms with Crippen molar-refractivity contribution in [1.29, 1.82) is 0 Å². The Kier molecular flexibility index (Phi) is 6.73. The van der Waals surface area contributed by atoms with Gasteiger partial charge in [0.05, 0.1) is 26.2 Å². The van der Waals surface area contributed by atoms with Crippen LogP contribution in [0.4, 0.5) is 0 Å². The van der Waals surface area contributed by atoms with Gasteiger partial charge in [0.15, 0.2) is 0 Å². The van der Waals surface area contributed by atoms with Gasteiger partial charge in [-0.05, 0) is 30.0 Å². The molecular formula is C21H22N2O4S. The minimum atomic E-state index is -1.63. The zero-order chi connectivity index (χ0) is 19.9. The number of hydrogen-bond donors (Lipinski definition) is 1. The van der Waals surface area contributed by atoms with Gasteiger partial charge in [-0.3, -0.25) is 9.78 Å². The Hall–Kier alpha value is -2.77. The van der Waals surface area contributed by atoms with Gasteiger partial charge in [-0.2, -0.15) is 0 Å². The van der Waals surface area contributed by atoms with E-state index in [-0.39, 0.29) is 12.4 Å². The third kappa shape index (κ3) is 4.55. The summed E-state index contributed by atoms with van der Waals surface area (Å²) >= 11 is 0. The molecule has 1 heterocycles. The van der Waals surface area contributed by atoms with Crippen molar-refractivity contribution < 1.29 is 18.5 Å². The molecule has 0 aliphatic heterocycles. The molecule has 0 aliphatic carbocycles. The molecule has 1 N–H and O–H groups in total. The molecule has 3 rings (SSSR count). The number of carbonyl (C=O) groups is 1. The first-order chi connectivity index (χ1) is 13.6. The van der Waals surface area contributed by atoms with Crippen molar-refractivity contribution in [2.75, 3.05) is 13.7 Å². The van der Waals surface area contributed by atoms with Gasteiger partial charge in [0.25, 0.3) is 0 Å². The van der Waals surface area contributed by atoms with E-state index in [1.807, 2.05) is 36.4 Å². The maximum absolute atomic E-state index is 13.3. The van der Waals surface area contributed by atoms with E-state index >= 15 is 0 Å².